The highest BCUT2D eigenvalue weighted by Crippen LogP contribution is 2.45. The van der Waals surface area contributed by atoms with Gasteiger partial charge in [-0.25, -0.2) is 13.4 Å². The van der Waals surface area contributed by atoms with E-state index >= 15 is 4.39 Å². The average Bonchev–Trinajstić information content (AvgIpc) is 3.42. The SMILES string of the molecule is CC.CCOC(=O)c1cc(NS(C)=O)cc(C2=C(c3cc(C(C)(C)F)ccc3OCc3ccccc3)CCC2)c1. The number of rotatable bonds is 10. The van der Waals surface area contributed by atoms with E-state index in [-0.39, 0.29) is 6.61 Å². The lowest BCUT2D eigenvalue weighted by atomic mass is 9.91. The largest absolute Gasteiger partial charge is 0.488 e. The van der Waals surface area contributed by atoms with Crippen LogP contribution in [0.25, 0.3) is 11.1 Å². The molecule has 0 aromatic heterocycles. The van der Waals surface area contributed by atoms with Crippen molar-refractivity contribution in [2.75, 3.05) is 17.6 Å². The molecule has 3 aromatic rings. The van der Waals surface area contributed by atoms with Gasteiger partial charge in [-0.15, -0.1) is 0 Å². The Morgan fingerprint density at radius 3 is 2.35 bits per heavy atom. The highest BCUT2D eigenvalue weighted by molar-refractivity contribution is 7.85. The van der Waals surface area contributed by atoms with Gasteiger partial charge in [0.25, 0.3) is 0 Å². The van der Waals surface area contributed by atoms with Gasteiger partial charge in [0, 0.05) is 17.5 Å². The highest BCUT2D eigenvalue weighted by Gasteiger charge is 2.26. The molecular formula is C33H40FNO4S. The molecule has 1 N–H and O–H groups in total. The summed E-state index contributed by atoms with van der Waals surface area (Å²) in [5.74, 6) is 0.248. The number of hydrogen-bond donors (Lipinski definition) is 1. The van der Waals surface area contributed by atoms with Crippen LogP contribution < -0.4 is 9.46 Å². The summed E-state index contributed by atoms with van der Waals surface area (Å²) in [7, 11) is -1.31. The molecule has 1 atom stereocenters. The number of alkyl halides is 1. The number of hydrogen-bond acceptors (Lipinski definition) is 4. The molecule has 7 heteroatoms. The van der Waals surface area contributed by atoms with E-state index in [4.69, 9.17) is 9.47 Å². The van der Waals surface area contributed by atoms with Crippen LogP contribution in [0.4, 0.5) is 10.1 Å². The van der Waals surface area contributed by atoms with Crippen LogP contribution in [-0.4, -0.2) is 23.0 Å². The van der Waals surface area contributed by atoms with E-state index < -0.39 is 22.6 Å². The molecule has 0 saturated heterocycles. The third-order valence-corrected chi connectivity index (χ3v) is 7.02. The molecule has 0 radical (unpaired) electrons. The quantitative estimate of drug-likeness (QED) is 0.250. The van der Waals surface area contributed by atoms with Gasteiger partial charge in [-0.2, -0.15) is 0 Å². The Balaban J connectivity index is 0.00000216. The molecular weight excluding hydrogens is 525 g/mol. The molecule has 0 fully saturated rings. The lowest BCUT2D eigenvalue weighted by Crippen LogP contribution is -2.10. The smallest absolute Gasteiger partial charge is 0.338 e. The van der Waals surface area contributed by atoms with Gasteiger partial charge in [-0.1, -0.05) is 50.2 Å². The van der Waals surface area contributed by atoms with E-state index in [1.807, 2.05) is 68.4 Å². The Kier molecular flexibility index (Phi) is 11.1. The average molecular weight is 566 g/mol. The second-order valence-electron chi connectivity index (χ2n) is 9.84. The predicted octanol–water partition coefficient (Wildman–Crippen LogP) is 8.47. The fourth-order valence-electron chi connectivity index (χ4n) is 4.72. The standard InChI is InChI=1S/C31H34FNO4S.C2H6/c1-5-36-30(34)23-16-22(17-25(18-23)33-38(4)35)26-12-9-13-27(26)28-19-24(31(2,3)32)14-15-29(28)37-20-21-10-7-6-8-11-21;1-2/h6-8,10-11,14-19,33H,5,9,12-13,20H2,1-4H3;1-2H3. The van der Waals surface area contributed by atoms with Crippen LogP contribution in [0, 0.1) is 0 Å². The first kappa shape index (κ1) is 31.1. The number of carbonyl (C=O) groups is 1. The summed E-state index contributed by atoms with van der Waals surface area (Å²) in [6.07, 6.45) is 4.03. The third kappa shape index (κ3) is 8.04. The van der Waals surface area contributed by atoms with Crippen LogP contribution in [0.5, 0.6) is 5.75 Å². The maximum atomic E-state index is 15.0. The molecule has 40 heavy (non-hydrogen) atoms. The Bertz CT molecular complexity index is 1360. The summed E-state index contributed by atoms with van der Waals surface area (Å²) >= 11 is 0. The minimum absolute atomic E-state index is 0.257. The summed E-state index contributed by atoms with van der Waals surface area (Å²) in [5.41, 5.74) is 4.86. The van der Waals surface area contributed by atoms with Crippen molar-refractivity contribution in [3.8, 4) is 5.75 Å². The number of ether oxygens (including phenoxy) is 2. The number of carbonyl (C=O) groups excluding carboxylic acids is 1. The minimum atomic E-state index is -1.52. The van der Waals surface area contributed by atoms with Crippen LogP contribution in [0.1, 0.15) is 86.5 Å². The van der Waals surface area contributed by atoms with Gasteiger partial charge in [0.05, 0.1) is 12.2 Å². The van der Waals surface area contributed by atoms with Crippen LogP contribution in [0.2, 0.25) is 0 Å². The zero-order valence-electron chi connectivity index (χ0n) is 24.3. The van der Waals surface area contributed by atoms with E-state index in [9.17, 15) is 9.00 Å². The van der Waals surface area contributed by atoms with Crippen molar-refractivity contribution in [3.63, 3.8) is 0 Å². The fourth-order valence-corrected chi connectivity index (χ4v) is 5.17. The first-order valence-electron chi connectivity index (χ1n) is 13.8. The Morgan fingerprint density at radius 2 is 1.70 bits per heavy atom. The molecule has 214 valence electrons. The van der Waals surface area contributed by atoms with Gasteiger partial charge in [0.2, 0.25) is 0 Å². The van der Waals surface area contributed by atoms with E-state index in [1.165, 1.54) is 6.26 Å². The minimum Gasteiger partial charge on any atom is -0.488 e. The lowest BCUT2D eigenvalue weighted by molar-refractivity contribution is 0.0526. The maximum Gasteiger partial charge on any atom is 0.338 e. The van der Waals surface area contributed by atoms with Crippen molar-refractivity contribution < 1.29 is 22.9 Å². The second-order valence-corrected chi connectivity index (χ2v) is 11.0. The predicted molar refractivity (Wildman–Crippen MR) is 163 cm³/mol. The van der Waals surface area contributed by atoms with Gasteiger partial charge in [-0.05, 0) is 98.2 Å². The van der Waals surface area contributed by atoms with Crippen molar-refractivity contribution in [3.05, 3.63) is 94.5 Å². The zero-order valence-corrected chi connectivity index (χ0v) is 25.1. The molecule has 1 aliphatic rings. The highest BCUT2D eigenvalue weighted by atomic mass is 32.2. The van der Waals surface area contributed by atoms with Crippen LogP contribution in [-0.2, 0) is 28.0 Å². The molecule has 0 saturated carbocycles. The zero-order chi connectivity index (χ0) is 29.3. The summed E-state index contributed by atoms with van der Waals surface area (Å²) in [6.45, 7) is 9.51. The fraction of sp³-hybridized carbons (Fsp3) is 0.364. The van der Waals surface area contributed by atoms with E-state index in [2.05, 4.69) is 4.72 Å². The van der Waals surface area contributed by atoms with Gasteiger partial charge < -0.3 is 14.2 Å². The Labute approximate surface area is 240 Å². The Morgan fingerprint density at radius 1 is 1.00 bits per heavy atom. The first-order chi connectivity index (χ1) is 19.2. The lowest BCUT2D eigenvalue weighted by Gasteiger charge is -2.20. The van der Waals surface area contributed by atoms with Gasteiger partial charge >= 0.3 is 5.97 Å². The summed E-state index contributed by atoms with van der Waals surface area (Å²) in [4.78, 5) is 12.6. The van der Waals surface area contributed by atoms with E-state index in [1.54, 1.807) is 32.9 Å². The van der Waals surface area contributed by atoms with E-state index in [0.717, 1.165) is 47.1 Å². The third-order valence-electron chi connectivity index (χ3n) is 6.50. The molecule has 4 rings (SSSR count). The van der Waals surface area contributed by atoms with E-state index in [0.29, 0.717) is 29.2 Å². The molecule has 0 aliphatic heterocycles. The topological polar surface area (TPSA) is 64.6 Å². The van der Waals surface area contributed by atoms with Crippen LogP contribution >= 0.6 is 0 Å². The van der Waals surface area contributed by atoms with Crippen molar-refractivity contribution in [2.45, 2.75) is 66.2 Å². The van der Waals surface area contributed by atoms with Crippen molar-refractivity contribution in [1.82, 2.24) is 0 Å². The number of halogens is 1. The van der Waals surface area contributed by atoms with Crippen molar-refractivity contribution in [1.29, 1.82) is 0 Å². The molecule has 5 nitrogen and oxygen atoms in total. The maximum absolute atomic E-state index is 15.0. The Hall–Kier alpha value is -3.45. The van der Waals surface area contributed by atoms with Crippen molar-refractivity contribution in [2.24, 2.45) is 0 Å². The van der Waals surface area contributed by atoms with Crippen LogP contribution in [0.15, 0.2) is 66.7 Å². The summed E-state index contributed by atoms with van der Waals surface area (Å²) in [6, 6.07) is 20.8. The van der Waals surface area contributed by atoms with Gasteiger partial charge in [-0.3, -0.25) is 0 Å². The molecule has 1 aliphatic carbocycles. The number of benzene rings is 3. The second kappa shape index (κ2) is 14.3. The number of allylic oxidation sites excluding steroid dienone is 2. The van der Waals surface area contributed by atoms with Gasteiger partial charge in [0.1, 0.15) is 29.0 Å². The monoisotopic (exact) mass is 565 g/mol. The molecule has 3 aromatic carbocycles. The molecule has 0 heterocycles. The number of esters is 1. The normalized spacial score (nSPS) is 13.8. The number of nitrogens with one attached hydrogen (secondary N) is 1. The molecule has 0 spiro atoms. The summed E-state index contributed by atoms with van der Waals surface area (Å²) in [5, 5.41) is 0. The van der Waals surface area contributed by atoms with Crippen molar-refractivity contribution >= 4 is 33.8 Å². The summed E-state index contributed by atoms with van der Waals surface area (Å²) < 4.78 is 41.4. The first-order valence-corrected chi connectivity index (χ1v) is 15.4. The van der Waals surface area contributed by atoms with Gasteiger partial charge in [0.15, 0.2) is 0 Å². The molecule has 0 amide bonds. The molecule has 0 bridgehead atoms. The number of anilines is 1. The molecule has 1 unspecified atom stereocenters. The van der Waals surface area contributed by atoms with Crippen LogP contribution in [0.3, 0.4) is 0 Å².